The van der Waals surface area contributed by atoms with E-state index in [9.17, 15) is 4.79 Å². The van der Waals surface area contributed by atoms with Crippen LogP contribution in [0.5, 0.6) is 0 Å². The van der Waals surface area contributed by atoms with E-state index in [2.05, 4.69) is 0 Å². The number of furan rings is 1. The van der Waals surface area contributed by atoms with Gasteiger partial charge in [-0.25, -0.2) is 0 Å². The molecule has 1 aliphatic rings. The lowest BCUT2D eigenvalue weighted by Crippen LogP contribution is -2.16. The lowest BCUT2D eigenvalue weighted by Gasteiger charge is -2.16. The number of carbonyl (C=O) groups is 1. The summed E-state index contributed by atoms with van der Waals surface area (Å²) >= 11 is 0. The molecule has 0 spiro atoms. The average Bonchev–Trinajstić information content (AvgIpc) is 2.59. The molecule has 1 aromatic rings. The van der Waals surface area contributed by atoms with Gasteiger partial charge in [0.05, 0.1) is 0 Å². The number of rotatable bonds is 2. The summed E-state index contributed by atoms with van der Waals surface area (Å²) in [5.74, 6) is 0.422. The quantitative estimate of drug-likeness (QED) is 0.786. The van der Waals surface area contributed by atoms with Crippen LogP contribution in [0.1, 0.15) is 42.8 Å². The Kier molecular flexibility index (Phi) is 2.32. The maximum Gasteiger partial charge on any atom is 0.314 e. The third-order valence-corrected chi connectivity index (χ3v) is 2.79. The summed E-state index contributed by atoms with van der Waals surface area (Å²) in [6.07, 6.45) is 3.45. The predicted molar refractivity (Wildman–Crippen MR) is 51.4 cm³/mol. The minimum Gasteiger partial charge on any atom is -0.481 e. The Morgan fingerprint density at radius 1 is 1.71 bits per heavy atom. The van der Waals surface area contributed by atoms with Gasteiger partial charge in [0, 0.05) is 6.42 Å². The fourth-order valence-corrected chi connectivity index (χ4v) is 2.03. The molecule has 3 nitrogen and oxygen atoms in total. The highest BCUT2D eigenvalue weighted by Crippen LogP contribution is 2.34. The van der Waals surface area contributed by atoms with Crippen LogP contribution in [0.4, 0.5) is 0 Å². The van der Waals surface area contributed by atoms with Crippen molar-refractivity contribution in [3.05, 3.63) is 23.2 Å². The van der Waals surface area contributed by atoms with Crippen molar-refractivity contribution >= 4 is 5.97 Å². The lowest BCUT2D eigenvalue weighted by atomic mass is 9.89. The second kappa shape index (κ2) is 3.48. The maximum absolute atomic E-state index is 11.0. The van der Waals surface area contributed by atoms with Crippen molar-refractivity contribution in [1.29, 1.82) is 0 Å². The highest BCUT2D eigenvalue weighted by Gasteiger charge is 2.29. The van der Waals surface area contributed by atoms with Gasteiger partial charge in [0.1, 0.15) is 17.4 Å². The lowest BCUT2D eigenvalue weighted by molar-refractivity contribution is -0.139. The molecule has 0 saturated carbocycles. The standard InChI is InChI=1S/C11H14O3/c1-2-8-6-7-4-3-5-9(11(12)13)10(7)14-8/h6,9H,2-5H2,1H3,(H,12,13). The second-order valence-corrected chi connectivity index (χ2v) is 3.74. The van der Waals surface area contributed by atoms with Crippen molar-refractivity contribution < 1.29 is 14.3 Å². The van der Waals surface area contributed by atoms with E-state index in [4.69, 9.17) is 9.52 Å². The van der Waals surface area contributed by atoms with Gasteiger partial charge in [-0.1, -0.05) is 6.92 Å². The van der Waals surface area contributed by atoms with E-state index < -0.39 is 11.9 Å². The third-order valence-electron chi connectivity index (χ3n) is 2.79. The van der Waals surface area contributed by atoms with Gasteiger partial charge in [0.2, 0.25) is 0 Å². The summed E-state index contributed by atoms with van der Waals surface area (Å²) < 4.78 is 5.55. The van der Waals surface area contributed by atoms with Gasteiger partial charge in [-0.3, -0.25) is 4.79 Å². The number of fused-ring (bicyclic) bond motifs is 1. The van der Waals surface area contributed by atoms with E-state index in [0.717, 1.165) is 30.6 Å². The van der Waals surface area contributed by atoms with Crippen molar-refractivity contribution in [3.8, 4) is 0 Å². The van der Waals surface area contributed by atoms with Crippen LogP contribution in [0.3, 0.4) is 0 Å². The van der Waals surface area contributed by atoms with Gasteiger partial charge in [0.15, 0.2) is 0 Å². The van der Waals surface area contributed by atoms with Crippen molar-refractivity contribution in [2.45, 2.75) is 38.5 Å². The fourth-order valence-electron chi connectivity index (χ4n) is 2.03. The number of hydrogen-bond donors (Lipinski definition) is 1. The molecule has 3 heteroatoms. The first-order chi connectivity index (χ1) is 6.72. The summed E-state index contributed by atoms with van der Waals surface area (Å²) in [5.41, 5.74) is 1.10. The van der Waals surface area contributed by atoms with Crippen LogP contribution in [0.15, 0.2) is 10.5 Å². The van der Waals surface area contributed by atoms with Crippen LogP contribution in [-0.4, -0.2) is 11.1 Å². The molecule has 2 rings (SSSR count). The molecule has 0 aromatic carbocycles. The number of aryl methyl sites for hydroxylation is 2. The number of aliphatic carboxylic acids is 1. The zero-order valence-electron chi connectivity index (χ0n) is 8.25. The van der Waals surface area contributed by atoms with Gasteiger partial charge < -0.3 is 9.52 Å². The van der Waals surface area contributed by atoms with E-state index >= 15 is 0 Å². The van der Waals surface area contributed by atoms with E-state index in [-0.39, 0.29) is 0 Å². The van der Waals surface area contributed by atoms with Crippen LogP contribution in [0.2, 0.25) is 0 Å². The minimum absolute atomic E-state index is 0.418. The van der Waals surface area contributed by atoms with Gasteiger partial charge >= 0.3 is 5.97 Å². The predicted octanol–water partition coefficient (Wildman–Crippen LogP) is 2.35. The Bertz CT molecular complexity index is 351. The molecule has 0 amide bonds. The second-order valence-electron chi connectivity index (χ2n) is 3.74. The largest absolute Gasteiger partial charge is 0.481 e. The molecule has 1 N–H and O–H groups in total. The molecule has 1 heterocycles. The molecule has 1 atom stereocenters. The Hall–Kier alpha value is -1.25. The van der Waals surface area contributed by atoms with Crippen molar-refractivity contribution in [2.24, 2.45) is 0 Å². The summed E-state index contributed by atoms with van der Waals surface area (Å²) in [6, 6.07) is 2.00. The van der Waals surface area contributed by atoms with Gasteiger partial charge in [-0.15, -0.1) is 0 Å². The smallest absolute Gasteiger partial charge is 0.314 e. The fraction of sp³-hybridized carbons (Fsp3) is 0.545. The van der Waals surface area contributed by atoms with Gasteiger partial charge in [0.25, 0.3) is 0 Å². The minimum atomic E-state index is -0.761. The summed E-state index contributed by atoms with van der Waals surface area (Å²) in [5, 5.41) is 9.01. The molecule has 76 valence electrons. The molecule has 0 radical (unpaired) electrons. The van der Waals surface area contributed by atoms with Crippen LogP contribution in [0.25, 0.3) is 0 Å². The highest BCUT2D eigenvalue weighted by atomic mass is 16.4. The van der Waals surface area contributed by atoms with E-state index in [1.807, 2.05) is 13.0 Å². The van der Waals surface area contributed by atoms with Crippen LogP contribution >= 0.6 is 0 Å². The molecule has 0 fully saturated rings. The zero-order chi connectivity index (χ0) is 10.1. The average molecular weight is 194 g/mol. The first kappa shape index (κ1) is 9.31. The molecule has 0 saturated heterocycles. The van der Waals surface area contributed by atoms with E-state index in [0.29, 0.717) is 12.2 Å². The van der Waals surface area contributed by atoms with Gasteiger partial charge in [-0.2, -0.15) is 0 Å². The van der Waals surface area contributed by atoms with E-state index in [1.54, 1.807) is 0 Å². The maximum atomic E-state index is 11.0. The first-order valence-electron chi connectivity index (χ1n) is 5.06. The van der Waals surface area contributed by atoms with Crippen LogP contribution in [0, 0.1) is 0 Å². The highest BCUT2D eigenvalue weighted by molar-refractivity contribution is 5.76. The number of carboxylic acids is 1. The van der Waals surface area contributed by atoms with Crippen LogP contribution < -0.4 is 0 Å². The molecule has 1 unspecified atom stereocenters. The molecule has 1 aromatic heterocycles. The van der Waals surface area contributed by atoms with Crippen molar-refractivity contribution in [2.75, 3.05) is 0 Å². The Labute approximate surface area is 82.7 Å². The Balaban J connectivity index is 2.38. The molecule has 0 aliphatic heterocycles. The SMILES string of the molecule is CCc1cc2c(o1)C(C(=O)O)CCC2. The van der Waals surface area contributed by atoms with Crippen molar-refractivity contribution in [1.82, 2.24) is 0 Å². The van der Waals surface area contributed by atoms with Gasteiger partial charge in [-0.05, 0) is 30.9 Å². The topological polar surface area (TPSA) is 50.4 Å². The monoisotopic (exact) mass is 194 g/mol. The van der Waals surface area contributed by atoms with Crippen LogP contribution in [-0.2, 0) is 17.6 Å². The zero-order valence-corrected chi connectivity index (χ0v) is 8.25. The first-order valence-corrected chi connectivity index (χ1v) is 5.06. The summed E-state index contributed by atoms with van der Waals surface area (Å²) in [7, 11) is 0. The Morgan fingerprint density at radius 2 is 2.50 bits per heavy atom. The number of hydrogen-bond acceptors (Lipinski definition) is 2. The molecule has 0 bridgehead atoms. The normalized spacial score (nSPS) is 20.5. The number of carboxylic acid groups (broad SMARTS) is 1. The summed E-state index contributed by atoms with van der Waals surface area (Å²) in [4.78, 5) is 11.0. The molecule has 14 heavy (non-hydrogen) atoms. The summed E-state index contributed by atoms with van der Waals surface area (Å²) in [6.45, 7) is 2.01. The molecular weight excluding hydrogens is 180 g/mol. The third kappa shape index (κ3) is 1.43. The molecular formula is C11H14O3. The Morgan fingerprint density at radius 3 is 3.14 bits per heavy atom. The van der Waals surface area contributed by atoms with Crippen molar-refractivity contribution in [3.63, 3.8) is 0 Å². The van der Waals surface area contributed by atoms with E-state index in [1.165, 1.54) is 0 Å². The molecule has 1 aliphatic carbocycles.